The van der Waals surface area contributed by atoms with Crippen LogP contribution in [0.3, 0.4) is 0 Å². The first-order chi connectivity index (χ1) is 12.6. The molecular weight excluding hydrogens is 342 g/mol. The summed E-state index contributed by atoms with van der Waals surface area (Å²) in [6, 6.07) is 16.4. The summed E-state index contributed by atoms with van der Waals surface area (Å²) in [5.41, 5.74) is 3.94. The van der Waals surface area contributed by atoms with Gasteiger partial charge in [0.25, 0.3) is 5.91 Å². The van der Waals surface area contributed by atoms with Crippen LogP contribution in [0.4, 0.5) is 0 Å². The van der Waals surface area contributed by atoms with Crippen LogP contribution in [0, 0.1) is 6.92 Å². The van der Waals surface area contributed by atoms with Gasteiger partial charge in [-0.1, -0.05) is 50.2 Å². The Labute approximate surface area is 161 Å². The zero-order chi connectivity index (χ0) is 18.8. The number of hydrogen-bond donors (Lipinski definition) is 1. The van der Waals surface area contributed by atoms with E-state index >= 15 is 0 Å². The monoisotopic (exact) mass is 371 g/mol. The lowest BCUT2D eigenvalue weighted by atomic mass is 10.1. The predicted octanol–water partition coefficient (Wildman–Crippen LogP) is 4.76. The van der Waals surface area contributed by atoms with E-state index < -0.39 is 6.10 Å². The SMILES string of the molecule is CCc1ccc(O[C@@H](CC)C(=O)NCCSCc2ccccc2C)cc1. The van der Waals surface area contributed by atoms with Crippen LogP contribution in [-0.2, 0) is 17.0 Å². The summed E-state index contributed by atoms with van der Waals surface area (Å²) < 4.78 is 5.85. The second-order valence-corrected chi connectivity index (χ2v) is 7.39. The smallest absolute Gasteiger partial charge is 0.261 e. The molecule has 0 aromatic heterocycles. The average Bonchev–Trinajstić information content (AvgIpc) is 2.67. The van der Waals surface area contributed by atoms with Crippen molar-refractivity contribution in [2.45, 2.75) is 45.5 Å². The molecule has 0 fully saturated rings. The highest BCUT2D eigenvalue weighted by Gasteiger charge is 2.17. The van der Waals surface area contributed by atoms with Crippen molar-refractivity contribution in [2.24, 2.45) is 0 Å². The van der Waals surface area contributed by atoms with Crippen molar-refractivity contribution in [3.63, 3.8) is 0 Å². The number of ether oxygens (including phenoxy) is 1. The fraction of sp³-hybridized carbons (Fsp3) is 0.409. The van der Waals surface area contributed by atoms with Gasteiger partial charge in [0.05, 0.1) is 0 Å². The van der Waals surface area contributed by atoms with Crippen LogP contribution in [0.5, 0.6) is 5.75 Å². The fourth-order valence-corrected chi connectivity index (χ4v) is 3.54. The molecule has 2 rings (SSSR count). The van der Waals surface area contributed by atoms with Gasteiger partial charge in [-0.15, -0.1) is 0 Å². The number of carbonyl (C=O) groups excluding carboxylic acids is 1. The molecule has 1 atom stereocenters. The second kappa shape index (κ2) is 10.9. The van der Waals surface area contributed by atoms with E-state index in [9.17, 15) is 4.79 Å². The summed E-state index contributed by atoms with van der Waals surface area (Å²) in [5, 5.41) is 2.99. The van der Waals surface area contributed by atoms with Crippen molar-refractivity contribution in [3.8, 4) is 5.75 Å². The second-order valence-electron chi connectivity index (χ2n) is 6.28. The molecule has 140 valence electrons. The standard InChI is InChI=1S/C22H29NO2S/c1-4-18-10-12-20(13-11-18)25-21(5-2)22(24)23-14-15-26-16-19-9-7-6-8-17(19)3/h6-13,21H,4-5,14-16H2,1-3H3,(H,23,24)/t21-/m0/s1. The van der Waals surface area contributed by atoms with Crippen LogP contribution in [0.25, 0.3) is 0 Å². The van der Waals surface area contributed by atoms with Crippen LogP contribution >= 0.6 is 11.8 Å². The minimum atomic E-state index is -0.441. The summed E-state index contributed by atoms with van der Waals surface area (Å²) in [4.78, 5) is 12.3. The van der Waals surface area contributed by atoms with E-state index in [1.54, 1.807) is 0 Å². The van der Waals surface area contributed by atoms with Crippen molar-refractivity contribution < 1.29 is 9.53 Å². The number of amides is 1. The van der Waals surface area contributed by atoms with E-state index in [0.717, 1.165) is 23.7 Å². The summed E-state index contributed by atoms with van der Waals surface area (Å²) >= 11 is 1.83. The zero-order valence-corrected chi connectivity index (χ0v) is 16.8. The van der Waals surface area contributed by atoms with E-state index in [1.807, 2.05) is 43.0 Å². The first kappa shape index (κ1) is 20.4. The first-order valence-corrected chi connectivity index (χ1v) is 10.4. The number of carbonyl (C=O) groups is 1. The molecule has 0 aliphatic heterocycles. The molecule has 0 aliphatic carbocycles. The van der Waals surface area contributed by atoms with Gasteiger partial charge < -0.3 is 10.1 Å². The minimum absolute atomic E-state index is 0.0384. The normalized spacial score (nSPS) is 11.8. The lowest BCUT2D eigenvalue weighted by Gasteiger charge is -2.17. The third-order valence-electron chi connectivity index (χ3n) is 4.34. The largest absolute Gasteiger partial charge is 0.481 e. The zero-order valence-electron chi connectivity index (χ0n) is 16.0. The number of thioether (sulfide) groups is 1. The number of benzene rings is 2. The Morgan fingerprint density at radius 3 is 2.50 bits per heavy atom. The van der Waals surface area contributed by atoms with Gasteiger partial charge in [0, 0.05) is 18.1 Å². The number of aryl methyl sites for hydroxylation is 2. The highest BCUT2D eigenvalue weighted by atomic mass is 32.2. The summed E-state index contributed by atoms with van der Waals surface area (Å²) in [5.74, 6) is 2.57. The van der Waals surface area contributed by atoms with Crippen LogP contribution in [-0.4, -0.2) is 24.3 Å². The molecule has 0 aliphatic rings. The van der Waals surface area contributed by atoms with Crippen LogP contribution < -0.4 is 10.1 Å². The molecule has 4 heteroatoms. The topological polar surface area (TPSA) is 38.3 Å². The van der Waals surface area contributed by atoms with Crippen LogP contribution in [0.2, 0.25) is 0 Å². The maximum atomic E-state index is 12.3. The summed E-state index contributed by atoms with van der Waals surface area (Å²) in [6.07, 6.45) is 1.21. The van der Waals surface area contributed by atoms with Gasteiger partial charge in [0.15, 0.2) is 6.10 Å². The molecule has 0 bridgehead atoms. The first-order valence-electron chi connectivity index (χ1n) is 9.29. The van der Waals surface area contributed by atoms with Crippen molar-refractivity contribution in [2.75, 3.05) is 12.3 Å². The van der Waals surface area contributed by atoms with Crippen molar-refractivity contribution in [1.82, 2.24) is 5.32 Å². The Hall–Kier alpha value is -1.94. The Morgan fingerprint density at radius 2 is 1.85 bits per heavy atom. The molecule has 0 heterocycles. The molecule has 0 spiro atoms. The Kier molecular flexibility index (Phi) is 8.56. The number of hydrogen-bond acceptors (Lipinski definition) is 3. The minimum Gasteiger partial charge on any atom is -0.481 e. The van der Waals surface area contributed by atoms with E-state index in [1.165, 1.54) is 16.7 Å². The van der Waals surface area contributed by atoms with Crippen molar-refractivity contribution in [1.29, 1.82) is 0 Å². The molecular formula is C22H29NO2S. The number of nitrogens with one attached hydrogen (secondary N) is 1. The predicted molar refractivity (Wildman–Crippen MR) is 111 cm³/mol. The molecule has 1 amide bonds. The van der Waals surface area contributed by atoms with Gasteiger partial charge in [-0.2, -0.15) is 11.8 Å². The molecule has 0 saturated carbocycles. The van der Waals surface area contributed by atoms with Gasteiger partial charge in [-0.25, -0.2) is 0 Å². The summed E-state index contributed by atoms with van der Waals surface area (Å²) in [7, 11) is 0. The highest BCUT2D eigenvalue weighted by molar-refractivity contribution is 7.98. The lowest BCUT2D eigenvalue weighted by Crippen LogP contribution is -2.39. The Balaban J connectivity index is 1.71. The molecule has 0 radical (unpaired) electrons. The highest BCUT2D eigenvalue weighted by Crippen LogP contribution is 2.16. The van der Waals surface area contributed by atoms with E-state index in [0.29, 0.717) is 13.0 Å². The fourth-order valence-electron chi connectivity index (χ4n) is 2.60. The quantitative estimate of drug-likeness (QED) is 0.612. The van der Waals surface area contributed by atoms with Gasteiger partial charge in [-0.05, 0) is 48.6 Å². The third-order valence-corrected chi connectivity index (χ3v) is 5.35. The van der Waals surface area contributed by atoms with Crippen molar-refractivity contribution >= 4 is 17.7 Å². The summed E-state index contributed by atoms with van der Waals surface area (Å²) in [6.45, 7) is 6.88. The van der Waals surface area contributed by atoms with E-state index in [2.05, 4.69) is 43.4 Å². The lowest BCUT2D eigenvalue weighted by molar-refractivity contribution is -0.127. The molecule has 1 N–H and O–H groups in total. The third kappa shape index (κ3) is 6.41. The molecule has 26 heavy (non-hydrogen) atoms. The molecule has 3 nitrogen and oxygen atoms in total. The molecule has 0 unspecified atom stereocenters. The van der Waals surface area contributed by atoms with Gasteiger partial charge in [0.2, 0.25) is 0 Å². The van der Waals surface area contributed by atoms with Crippen LogP contribution in [0.1, 0.15) is 37.0 Å². The van der Waals surface area contributed by atoms with Crippen molar-refractivity contribution in [3.05, 3.63) is 65.2 Å². The Bertz CT molecular complexity index is 685. The van der Waals surface area contributed by atoms with E-state index in [4.69, 9.17) is 4.74 Å². The van der Waals surface area contributed by atoms with Gasteiger partial charge in [-0.3, -0.25) is 4.79 Å². The average molecular weight is 372 g/mol. The van der Waals surface area contributed by atoms with Gasteiger partial charge >= 0.3 is 0 Å². The Morgan fingerprint density at radius 1 is 1.12 bits per heavy atom. The van der Waals surface area contributed by atoms with Gasteiger partial charge in [0.1, 0.15) is 5.75 Å². The van der Waals surface area contributed by atoms with Crippen LogP contribution in [0.15, 0.2) is 48.5 Å². The molecule has 2 aromatic rings. The number of rotatable bonds is 10. The maximum absolute atomic E-state index is 12.3. The molecule has 0 saturated heterocycles. The maximum Gasteiger partial charge on any atom is 0.261 e. The van der Waals surface area contributed by atoms with E-state index in [-0.39, 0.29) is 5.91 Å². The molecule has 2 aromatic carbocycles.